The molecular weight excluding hydrogens is 583 g/mol. The van der Waals surface area contributed by atoms with Crippen molar-refractivity contribution in [1.29, 1.82) is 0 Å². The second-order valence-electron chi connectivity index (χ2n) is 11.2. The van der Waals surface area contributed by atoms with Gasteiger partial charge in [-0.1, -0.05) is 12.5 Å². The van der Waals surface area contributed by atoms with Crippen molar-refractivity contribution in [2.45, 2.75) is 25.7 Å². The molecule has 1 fully saturated rings. The number of halogens is 1. The summed E-state index contributed by atoms with van der Waals surface area (Å²) in [6.45, 7) is 0. The van der Waals surface area contributed by atoms with Gasteiger partial charge in [0, 0.05) is 41.1 Å². The van der Waals surface area contributed by atoms with E-state index in [1.165, 1.54) is 12.1 Å². The van der Waals surface area contributed by atoms with E-state index >= 15 is 0 Å². The number of aromatic amines is 2. The van der Waals surface area contributed by atoms with Crippen LogP contribution in [0.3, 0.4) is 0 Å². The van der Waals surface area contributed by atoms with E-state index in [2.05, 4.69) is 35.5 Å². The van der Waals surface area contributed by atoms with Crippen LogP contribution in [-0.4, -0.2) is 61.5 Å². The smallest absolute Gasteiger partial charge is 0.227 e. The molecule has 0 saturated heterocycles. The topological polar surface area (TPSA) is 159 Å². The molecule has 0 spiro atoms. The van der Waals surface area contributed by atoms with Crippen molar-refractivity contribution in [3.05, 3.63) is 72.7 Å². The second kappa shape index (κ2) is 10.9. The van der Waals surface area contributed by atoms with Gasteiger partial charge in [0.2, 0.25) is 5.91 Å². The van der Waals surface area contributed by atoms with Gasteiger partial charge >= 0.3 is 0 Å². The maximum absolute atomic E-state index is 14.6. The van der Waals surface area contributed by atoms with E-state index in [-0.39, 0.29) is 24.0 Å². The van der Waals surface area contributed by atoms with E-state index in [9.17, 15) is 17.6 Å². The highest BCUT2D eigenvalue weighted by Gasteiger charge is 2.25. The number of carbonyl (C=O) groups excluding carboxylic acids is 1. The lowest BCUT2D eigenvalue weighted by molar-refractivity contribution is -0.122. The first kappa shape index (κ1) is 27.8. The van der Waals surface area contributed by atoms with E-state index in [1.807, 2.05) is 12.1 Å². The number of H-pyrrole nitrogens is 2. The summed E-state index contributed by atoms with van der Waals surface area (Å²) in [7, 11) is -3.20. The predicted molar refractivity (Wildman–Crippen MR) is 165 cm³/mol. The normalized spacial score (nSPS) is 13.8. The molecule has 1 aromatic carbocycles. The number of rotatable bonds is 8. The van der Waals surface area contributed by atoms with Crippen LogP contribution in [0.5, 0.6) is 0 Å². The zero-order valence-electron chi connectivity index (χ0n) is 23.6. The van der Waals surface area contributed by atoms with Crippen LogP contribution in [0.25, 0.3) is 55.8 Å². The number of amides is 1. The zero-order valence-corrected chi connectivity index (χ0v) is 24.4. The molecule has 11 nitrogen and oxygen atoms in total. The van der Waals surface area contributed by atoms with E-state index in [0.717, 1.165) is 36.5 Å². The van der Waals surface area contributed by atoms with Gasteiger partial charge < -0.3 is 10.3 Å². The highest BCUT2D eigenvalue weighted by molar-refractivity contribution is 7.90. The number of carbonyl (C=O) groups is 1. The standard InChI is InChI=1S/C31H27FN8O3S/c1-44(42,43)6-5-17-7-19(9-21(32)8-17)24-14-34-15-27-28(24)38-30(37-27)29-23-11-25(35-16-26(23)39-40-29)20-10-22(13-33-12-20)36-31(41)18-3-2-4-18/h7-16,18H,2-6H2,1H3,(H,36,41)(H,37,38)(H,39,40). The molecule has 0 bridgehead atoms. The number of aromatic nitrogens is 7. The summed E-state index contributed by atoms with van der Waals surface area (Å²) in [5.41, 5.74) is 6.15. The summed E-state index contributed by atoms with van der Waals surface area (Å²) in [5, 5.41) is 11.2. The Balaban J connectivity index is 1.23. The molecule has 1 amide bonds. The van der Waals surface area contributed by atoms with Crippen molar-refractivity contribution in [2.24, 2.45) is 5.92 Å². The van der Waals surface area contributed by atoms with Crippen molar-refractivity contribution in [1.82, 2.24) is 35.1 Å². The molecule has 222 valence electrons. The molecule has 0 radical (unpaired) electrons. The van der Waals surface area contributed by atoms with Crippen molar-refractivity contribution >= 4 is 43.4 Å². The number of benzene rings is 1. The molecule has 1 saturated carbocycles. The first-order valence-corrected chi connectivity index (χ1v) is 16.2. The maximum Gasteiger partial charge on any atom is 0.227 e. The number of sulfone groups is 1. The molecule has 0 atom stereocenters. The van der Waals surface area contributed by atoms with Gasteiger partial charge in [-0.25, -0.2) is 17.8 Å². The second-order valence-corrected chi connectivity index (χ2v) is 13.4. The molecule has 6 aromatic rings. The van der Waals surface area contributed by atoms with Crippen molar-refractivity contribution in [3.8, 4) is 33.9 Å². The molecule has 13 heteroatoms. The van der Waals surface area contributed by atoms with Crippen molar-refractivity contribution in [3.63, 3.8) is 0 Å². The Morgan fingerprint density at radius 1 is 1.00 bits per heavy atom. The van der Waals surface area contributed by atoms with Crippen molar-refractivity contribution in [2.75, 3.05) is 17.3 Å². The van der Waals surface area contributed by atoms with Crippen LogP contribution in [0.15, 0.2) is 61.3 Å². The third-order valence-electron chi connectivity index (χ3n) is 7.87. The van der Waals surface area contributed by atoms with Crippen LogP contribution in [0, 0.1) is 11.7 Å². The Bertz CT molecular complexity index is 2170. The fraction of sp³-hybridized carbons (Fsp3) is 0.226. The number of pyridine rings is 3. The number of nitrogens with zero attached hydrogens (tertiary/aromatic N) is 5. The monoisotopic (exact) mass is 610 g/mol. The fourth-order valence-electron chi connectivity index (χ4n) is 5.33. The molecule has 3 N–H and O–H groups in total. The molecule has 7 rings (SSSR count). The summed E-state index contributed by atoms with van der Waals surface area (Å²) in [4.78, 5) is 33.8. The summed E-state index contributed by atoms with van der Waals surface area (Å²) in [6, 6.07) is 8.22. The van der Waals surface area contributed by atoms with Gasteiger partial charge in [-0.3, -0.25) is 24.8 Å². The SMILES string of the molecule is CS(=O)(=O)CCc1cc(F)cc(-c2cncc3[nH]c(-c4n[nH]c5cnc(-c6cncc(NC(=O)C7CCC7)c6)cc45)nc23)c1. The molecule has 5 heterocycles. The Hall–Kier alpha value is -5.04. The molecule has 5 aromatic heterocycles. The average Bonchev–Trinajstić information content (AvgIpc) is 3.58. The number of anilines is 1. The fourth-order valence-corrected chi connectivity index (χ4v) is 5.93. The van der Waals surface area contributed by atoms with Crippen molar-refractivity contribution < 1.29 is 17.6 Å². The Morgan fingerprint density at radius 2 is 1.84 bits per heavy atom. The Labute approximate surface area is 251 Å². The van der Waals surface area contributed by atoms with Gasteiger partial charge in [-0.2, -0.15) is 5.10 Å². The van der Waals surface area contributed by atoms with Gasteiger partial charge in [0.1, 0.15) is 21.3 Å². The maximum atomic E-state index is 14.6. The van der Waals surface area contributed by atoms with Crippen LogP contribution in [0.2, 0.25) is 0 Å². The number of hydrogen-bond acceptors (Lipinski definition) is 8. The van der Waals surface area contributed by atoms with Crippen LogP contribution in [0.1, 0.15) is 24.8 Å². The zero-order chi connectivity index (χ0) is 30.4. The first-order chi connectivity index (χ1) is 21.2. The number of hydrogen-bond donors (Lipinski definition) is 3. The van der Waals surface area contributed by atoms with Crippen LogP contribution >= 0.6 is 0 Å². The lowest BCUT2D eigenvalue weighted by Crippen LogP contribution is -2.28. The lowest BCUT2D eigenvalue weighted by Gasteiger charge is -2.24. The lowest BCUT2D eigenvalue weighted by atomic mass is 9.85. The molecule has 1 aliphatic rings. The summed E-state index contributed by atoms with van der Waals surface area (Å²) < 4.78 is 37.9. The van der Waals surface area contributed by atoms with E-state index < -0.39 is 15.7 Å². The third kappa shape index (κ3) is 5.53. The summed E-state index contributed by atoms with van der Waals surface area (Å²) in [5.74, 6) is -0.00486. The minimum Gasteiger partial charge on any atom is -0.335 e. The highest BCUT2D eigenvalue weighted by Crippen LogP contribution is 2.33. The minimum atomic E-state index is -3.20. The molecule has 1 aliphatic carbocycles. The van der Waals surface area contributed by atoms with Gasteiger partial charge in [0.05, 0.1) is 52.3 Å². The van der Waals surface area contributed by atoms with E-state index in [4.69, 9.17) is 4.98 Å². The van der Waals surface area contributed by atoms with Crippen LogP contribution in [0.4, 0.5) is 10.1 Å². The van der Waals surface area contributed by atoms with Crippen LogP contribution in [-0.2, 0) is 21.1 Å². The van der Waals surface area contributed by atoms with Gasteiger partial charge in [-0.15, -0.1) is 0 Å². The summed E-state index contributed by atoms with van der Waals surface area (Å²) in [6.07, 6.45) is 12.5. The molecule has 44 heavy (non-hydrogen) atoms. The first-order valence-electron chi connectivity index (χ1n) is 14.1. The number of nitrogens with one attached hydrogen (secondary N) is 3. The average molecular weight is 611 g/mol. The number of aryl methyl sites for hydroxylation is 1. The van der Waals surface area contributed by atoms with Gasteiger partial charge in [-0.05, 0) is 54.7 Å². The van der Waals surface area contributed by atoms with E-state index in [1.54, 1.807) is 37.1 Å². The summed E-state index contributed by atoms with van der Waals surface area (Å²) >= 11 is 0. The quantitative estimate of drug-likeness (QED) is 0.215. The third-order valence-corrected chi connectivity index (χ3v) is 8.82. The van der Waals surface area contributed by atoms with Gasteiger partial charge in [0.15, 0.2) is 5.82 Å². The largest absolute Gasteiger partial charge is 0.335 e. The molecule has 0 aliphatic heterocycles. The van der Waals surface area contributed by atoms with Gasteiger partial charge in [0.25, 0.3) is 0 Å². The number of imidazole rings is 1. The van der Waals surface area contributed by atoms with Crippen LogP contribution < -0.4 is 5.32 Å². The molecular formula is C31H27FN8O3S. The Kier molecular flexibility index (Phi) is 6.88. The van der Waals surface area contributed by atoms with E-state index in [0.29, 0.717) is 56.1 Å². The highest BCUT2D eigenvalue weighted by atomic mass is 32.2. The minimum absolute atomic E-state index is 0.0119. The predicted octanol–water partition coefficient (Wildman–Crippen LogP) is 5.09. The molecule has 0 unspecified atom stereocenters. The number of fused-ring (bicyclic) bond motifs is 2. The Morgan fingerprint density at radius 3 is 2.64 bits per heavy atom.